The predicted molar refractivity (Wildman–Crippen MR) is 54.0 cm³/mol. The van der Waals surface area contributed by atoms with Crippen molar-refractivity contribution in [1.29, 1.82) is 0 Å². The van der Waals surface area contributed by atoms with Gasteiger partial charge in [-0.1, -0.05) is 12.2 Å². The summed E-state index contributed by atoms with van der Waals surface area (Å²) in [5, 5.41) is 9.97. The topological polar surface area (TPSA) is 59.0 Å². The van der Waals surface area contributed by atoms with E-state index in [-0.39, 0.29) is 6.61 Å². The number of hydrogen-bond donors (Lipinski definition) is 1. The van der Waals surface area contributed by atoms with Gasteiger partial charge in [0.05, 0.1) is 13.2 Å². The molecule has 1 rings (SSSR count). The first-order chi connectivity index (χ1) is 6.92. The zero-order valence-electron chi connectivity index (χ0n) is 9.27. The third-order valence-corrected chi connectivity index (χ3v) is 1.66. The van der Waals surface area contributed by atoms with E-state index in [2.05, 4.69) is 0 Å². The molecule has 0 saturated heterocycles. The van der Waals surface area contributed by atoms with Gasteiger partial charge in [0.2, 0.25) is 0 Å². The van der Waals surface area contributed by atoms with Crippen molar-refractivity contribution in [3.05, 3.63) is 12.2 Å². The number of rotatable bonds is 1. The Morgan fingerprint density at radius 2 is 2.33 bits per heavy atom. The molecule has 0 bridgehead atoms. The molecule has 86 valence electrons. The molecule has 15 heavy (non-hydrogen) atoms. The molecule has 1 aliphatic heterocycles. The number of carbonyl (C=O) groups is 1. The Labute approximate surface area is 89.2 Å². The molecule has 0 radical (unpaired) electrons. The average molecular weight is 215 g/mol. The van der Waals surface area contributed by atoms with Gasteiger partial charge in [-0.3, -0.25) is 4.84 Å². The number of aliphatic hydroxyl groups excluding tert-OH is 1. The Morgan fingerprint density at radius 1 is 1.67 bits per heavy atom. The van der Waals surface area contributed by atoms with Crippen LogP contribution in [0.5, 0.6) is 0 Å². The molecular formula is C10H17NO4. The molecule has 0 aliphatic carbocycles. The first-order valence-corrected chi connectivity index (χ1v) is 4.87. The highest BCUT2D eigenvalue weighted by Crippen LogP contribution is 2.13. The number of carbonyl (C=O) groups excluding carboxylic acids is 1. The van der Waals surface area contributed by atoms with Gasteiger partial charge in [0, 0.05) is 0 Å². The lowest BCUT2D eigenvalue weighted by Crippen LogP contribution is -2.41. The van der Waals surface area contributed by atoms with E-state index in [0.29, 0.717) is 6.54 Å². The van der Waals surface area contributed by atoms with Gasteiger partial charge in [0.1, 0.15) is 11.7 Å². The molecule has 1 heterocycles. The normalized spacial score (nSPS) is 21.6. The molecule has 0 aromatic heterocycles. The lowest BCUT2D eigenvalue weighted by molar-refractivity contribution is -0.177. The molecule has 0 spiro atoms. The quantitative estimate of drug-likeness (QED) is 0.665. The van der Waals surface area contributed by atoms with E-state index in [0.717, 1.165) is 5.06 Å². The van der Waals surface area contributed by atoms with E-state index in [9.17, 15) is 4.79 Å². The fourth-order valence-corrected chi connectivity index (χ4v) is 1.07. The van der Waals surface area contributed by atoms with Crippen LogP contribution in [0, 0.1) is 0 Å². The molecule has 0 fully saturated rings. The molecule has 5 nitrogen and oxygen atoms in total. The van der Waals surface area contributed by atoms with Gasteiger partial charge >= 0.3 is 6.09 Å². The van der Waals surface area contributed by atoms with Gasteiger partial charge in [-0.25, -0.2) is 4.79 Å². The second kappa shape index (κ2) is 4.63. The van der Waals surface area contributed by atoms with Crippen molar-refractivity contribution >= 4 is 6.09 Å². The predicted octanol–water partition coefficient (Wildman–Crippen LogP) is 1.09. The van der Waals surface area contributed by atoms with Gasteiger partial charge in [-0.2, -0.15) is 5.06 Å². The summed E-state index contributed by atoms with van der Waals surface area (Å²) in [6.07, 6.45) is 2.46. The molecule has 0 saturated carbocycles. The third-order valence-electron chi connectivity index (χ3n) is 1.66. The Bertz CT molecular complexity index is 257. The van der Waals surface area contributed by atoms with Crippen molar-refractivity contribution in [2.45, 2.75) is 32.5 Å². The van der Waals surface area contributed by atoms with E-state index in [1.165, 1.54) is 0 Å². The van der Waals surface area contributed by atoms with Crippen LogP contribution in [-0.2, 0) is 9.57 Å². The van der Waals surface area contributed by atoms with Crippen molar-refractivity contribution < 1.29 is 19.5 Å². The first-order valence-electron chi connectivity index (χ1n) is 4.87. The van der Waals surface area contributed by atoms with Crippen molar-refractivity contribution in [3.8, 4) is 0 Å². The smallest absolute Gasteiger partial charge is 0.434 e. The first kappa shape index (κ1) is 12.0. The highest BCUT2D eigenvalue weighted by Gasteiger charge is 2.25. The Balaban J connectivity index is 2.51. The molecular weight excluding hydrogens is 198 g/mol. The molecule has 0 aromatic carbocycles. The summed E-state index contributed by atoms with van der Waals surface area (Å²) in [6, 6.07) is 0. The minimum Gasteiger partial charge on any atom is -0.442 e. The van der Waals surface area contributed by atoms with E-state index in [1.54, 1.807) is 32.9 Å². The highest BCUT2D eigenvalue weighted by molar-refractivity contribution is 5.67. The number of hydrogen-bond acceptors (Lipinski definition) is 4. The summed E-state index contributed by atoms with van der Waals surface area (Å²) in [7, 11) is 0. The van der Waals surface area contributed by atoms with Crippen LogP contribution >= 0.6 is 0 Å². The molecule has 1 amide bonds. The zero-order chi connectivity index (χ0) is 11.5. The molecule has 5 heteroatoms. The summed E-state index contributed by atoms with van der Waals surface area (Å²) in [6.45, 7) is 5.54. The Morgan fingerprint density at radius 3 is 2.87 bits per heavy atom. The van der Waals surface area contributed by atoms with Crippen molar-refractivity contribution in [2.24, 2.45) is 0 Å². The van der Waals surface area contributed by atoms with Crippen LogP contribution in [0.1, 0.15) is 20.8 Å². The molecule has 1 N–H and O–H groups in total. The second-order valence-electron chi connectivity index (χ2n) is 4.30. The Hall–Kier alpha value is -1.07. The average Bonchev–Trinajstić information content (AvgIpc) is 2.15. The largest absolute Gasteiger partial charge is 0.442 e. The lowest BCUT2D eigenvalue weighted by atomic mass is 10.2. The molecule has 0 aromatic rings. The maximum absolute atomic E-state index is 11.5. The van der Waals surface area contributed by atoms with E-state index in [1.807, 2.05) is 0 Å². The van der Waals surface area contributed by atoms with Crippen LogP contribution in [0.2, 0.25) is 0 Å². The zero-order valence-corrected chi connectivity index (χ0v) is 9.27. The van der Waals surface area contributed by atoms with E-state index < -0.39 is 17.8 Å². The minimum atomic E-state index is -0.545. The number of aliphatic hydroxyl groups is 1. The maximum atomic E-state index is 11.5. The number of amides is 1. The minimum absolute atomic E-state index is 0.157. The fourth-order valence-electron chi connectivity index (χ4n) is 1.07. The number of ether oxygens (including phenoxy) is 1. The van der Waals surface area contributed by atoms with Gasteiger partial charge in [-0.15, -0.1) is 0 Å². The van der Waals surface area contributed by atoms with Gasteiger partial charge in [-0.05, 0) is 20.8 Å². The van der Waals surface area contributed by atoms with Crippen LogP contribution in [0.4, 0.5) is 4.79 Å². The SMILES string of the molecule is CC(C)(C)OC(=O)N1CC=C[C@H](CO)O1. The summed E-state index contributed by atoms with van der Waals surface area (Å²) in [5.41, 5.74) is -0.545. The number of nitrogens with zero attached hydrogens (tertiary/aromatic N) is 1. The standard InChI is InChI=1S/C10H17NO4/c1-10(2,3)14-9(13)11-6-4-5-8(7-12)15-11/h4-5,8,12H,6-7H2,1-3H3/t8-/m1/s1. The summed E-state index contributed by atoms with van der Waals surface area (Å²) in [5.74, 6) is 0. The van der Waals surface area contributed by atoms with Crippen LogP contribution in [0.25, 0.3) is 0 Å². The van der Waals surface area contributed by atoms with E-state index >= 15 is 0 Å². The summed E-state index contributed by atoms with van der Waals surface area (Å²) < 4.78 is 5.12. The summed E-state index contributed by atoms with van der Waals surface area (Å²) >= 11 is 0. The van der Waals surface area contributed by atoms with Gasteiger partial charge < -0.3 is 9.84 Å². The van der Waals surface area contributed by atoms with Crippen molar-refractivity contribution in [1.82, 2.24) is 5.06 Å². The maximum Gasteiger partial charge on any atom is 0.434 e. The van der Waals surface area contributed by atoms with Crippen molar-refractivity contribution in [2.75, 3.05) is 13.2 Å². The lowest BCUT2D eigenvalue weighted by Gasteiger charge is -2.29. The van der Waals surface area contributed by atoms with Crippen LogP contribution < -0.4 is 0 Å². The Kier molecular flexibility index (Phi) is 3.71. The number of hydroxylamine groups is 2. The highest BCUT2D eigenvalue weighted by atomic mass is 16.7. The van der Waals surface area contributed by atoms with Gasteiger partial charge in [0.25, 0.3) is 0 Å². The van der Waals surface area contributed by atoms with Gasteiger partial charge in [0.15, 0.2) is 0 Å². The second-order valence-corrected chi connectivity index (χ2v) is 4.30. The molecule has 0 unspecified atom stereocenters. The van der Waals surface area contributed by atoms with Crippen LogP contribution in [-0.4, -0.2) is 41.1 Å². The molecule has 1 aliphatic rings. The van der Waals surface area contributed by atoms with Crippen LogP contribution in [0.15, 0.2) is 12.2 Å². The van der Waals surface area contributed by atoms with Crippen LogP contribution in [0.3, 0.4) is 0 Å². The van der Waals surface area contributed by atoms with E-state index in [4.69, 9.17) is 14.7 Å². The monoisotopic (exact) mass is 215 g/mol. The fraction of sp³-hybridized carbons (Fsp3) is 0.700. The third kappa shape index (κ3) is 3.89. The summed E-state index contributed by atoms with van der Waals surface area (Å²) in [4.78, 5) is 16.7. The van der Waals surface area contributed by atoms with Crippen molar-refractivity contribution in [3.63, 3.8) is 0 Å². The molecule has 1 atom stereocenters.